The van der Waals surface area contributed by atoms with E-state index in [4.69, 9.17) is 8.92 Å². The summed E-state index contributed by atoms with van der Waals surface area (Å²) < 4.78 is 35.2. The summed E-state index contributed by atoms with van der Waals surface area (Å²) in [6.07, 6.45) is 1.48. The number of carbonyl (C=O) groups excluding carboxylic acids is 1. The molecule has 0 N–H and O–H groups in total. The number of hydrogen-bond donors (Lipinski definition) is 0. The van der Waals surface area contributed by atoms with Crippen LogP contribution in [0.3, 0.4) is 0 Å². The Bertz CT molecular complexity index is 1360. The van der Waals surface area contributed by atoms with Gasteiger partial charge in [-0.1, -0.05) is 42.5 Å². The molecule has 0 amide bonds. The maximum Gasteiger partial charge on any atom is 0.363 e. The van der Waals surface area contributed by atoms with E-state index in [9.17, 15) is 23.3 Å². The quantitative estimate of drug-likeness (QED) is 0.184. The molecular weight excluding hydrogens is 436 g/mol. The summed E-state index contributed by atoms with van der Waals surface area (Å²) in [6, 6.07) is 19.6. The predicted molar refractivity (Wildman–Crippen MR) is 114 cm³/mol. The Hall–Kier alpha value is -4.31. The number of ether oxygens (including phenoxy) is 1. The van der Waals surface area contributed by atoms with E-state index < -0.39 is 31.6 Å². The largest absolute Gasteiger partial charge is 0.402 e. The zero-order chi connectivity index (χ0) is 22.7. The molecular formula is C22H14N2O7S. The Morgan fingerprint density at radius 1 is 0.938 bits per heavy atom. The van der Waals surface area contributed by atoms with E-state index in [0.717, 1.165) is 12.1 Å². The molecule has 0 unspecified atom stereocenters. The summed E-state index contributed by atoms with van der Waals surface area (Å²) in [7, 11) is -4.42. The van der Waals surface area contributed by atoms with Crippen molar-refractivity contribution in [1.82, 2.24) is 0 Å². The van der Waals surface area contributed by atoms with Gasteiger partial charge in [0.05, 0.1) is 4.92 Å². The summed E-state index contributed by atoms with van der Waals surface area (Å²) in [4.78, 5) is 26.1. The van der Waals surface area contributed by atoms with Crippen LogP contribution in [-0.4, -0.2) is 25.2 Å². The Labute approximate surface area is 182 Å². The average Bonchev–Trinajstić information content (AvgIpc) is 3.15. The van der Waals surface area contributed by atoms with Crippen molar-refractivity contribution in [3.8, 4) is 5.75 Å². The van der Waals surface area contributed by atoms with Crippen LogP contribution in [0.15, 0.2) is 94.4 Å². The zero-order valence-corrected chi connectivity index (χ0v) is 17.1. The van der Waals surface area contributed by atoms with Crippen LogP contribution in [0, 0.1) is 10.1 Å². The van der Waals surface area contributed by atoms with Crippen LogP contribution in [0.5, 0.6) is 5.75 Å². The monoisotopic (exact) mass is 450 g/mol. The number of nitro groups is 1. The molecule has 4 rings (SSSR count). The molecule has 0 aliphatic carbocycles. The van der Waals surface area contributed by atoms with Crippen molar-refractivity contribution in [1.29, 1.82) is 0 Å². The molecule has 160 valence electrons. The van der Waals surface area contributed by atoms with Crippen molar-refractivity contribution in [3.63, 3.8) is 0 Å². The van der Waals surface area contributed by atoms with Gasteiger partial charge in [-0.2, -0.15) is 8.42 Å². The number of nitrogens with zero attached hydrogens (tertiary/aromatic N) is 2. The van der Waals surface area contributed by atoms with E-state index in [0.29, 0.717) is 11.1 Å². The van der Waals surface area contributed by atoms with Gasteiger partial charge in [0.1, 0.15) is 5.75 Å². The highest BCUT2D eigenvalue weighted by Crippen LogP contribution is 2.27. The number of rotatable bonds is 6. The lowest BCUT2D eigenvalue weighted by Crippen LogP contribution is -2.11. The number of nitro benzene ring substituents is 1. The van der Waals surface area contributed by atoms with Gasteiger partial charge < -0.3 is 8.92 Å². The van der Waals surface area contributed by atoms with Gasteiger partial charge in [-0.05, 0) is 42.0 Å². The highest BCUT2D eigenvalue weighted by atomic mass is 32.2. The van der Waals surface area contributed by atoms with Crippen molar-refractivity contribution in [2.45, 2.75) is 4.90 Å². The molecule has 0 fully saturated rings. The van der Waals surface area contributed by atoms with Crippen LogP contribution in [0.1, 0.15) is 11.1 Å². The molecule has 0 spiro atoms. The Kier molecular flexibility index (Phi) is 5.52. The van der Waals surface area contributed by atoms with Gasteiger partial charge in [0.15, 0.2) is 10.6 Å². The van der Waals surface area contributed by atoms with Crippen molar-refractivity contribution in [2.24, 2.45) is 4.99 Å². The van der Waals surface area contributed by atoms with Gasteiger partial charge in [0.25, 0.3) is 5.69 Å². The van der Waals surface area contributed by atoms with E-state index in [2.05, 4.69) is 4.99 Å². The number of cyclic esters (lactones) is 1. The molecule has 1 aliphatic rings. The summed E-state index contributed by atoms with van der Waals surface area (Å²) in [5.41, 5.74) is 0.712. The molecule has 0 aromatic heterocycles. The van der Waals surface area contributed by atoms with Gasteiger partial charge >= 0.3 is 16.1 Å². The summed E-state index contributed by atoms with van der Waals surface area (Å²) >= 11 is 0. The fourth-order valence-corrected chi connectivity index (χ4v) is 3.98. The SMILES string of the molecule is O=C1OC(c2ccccc2)=NC1=Cc1ccc(OS(=O)(=O)c2ccccc2[N+](=O)[O-])cc1. The lowest BCUT2D eigenvalue weighted by molar-refractivity contribution is -0.387. The normalized spacial score (nSPS) is 14.7. The predicted octanol–water partition coefficient (Wildman–Crippen LogP) is 3.71. The molecule has 32 heavy (non-hydrogen) atoms. The lowest BCUT2D eigenvalue weighted by atomic mass is 10.2. The molecule has 0 atom stereocenters. The second-order valence-corrected chi connectivity index (χ2v) is 8.05. The minimum Gasteiger partial charge on any atom is -0.402 e. The zero-order valence-electron chi connectivity index (χ0n) is 16.2. The second kappa shape index (κ2) is 8.44. The highest BCUT2D eigenvalue weighted by molar-refractivity contribution is 7.87. The summed E-state index contributed by atoms with van der Waals surface area (Å²) in [6.45, 7) is 0. The maximum absolute atomic E-state index is 12.5. The van der Waals surface area contributed by atoms with Crippen LogP contribution < -0.4 is 4.18 Å². The number of carbonyl (C=O) groups is 1. The third kappa shape index (κ3) is 4.40. The number of esters is 1. The van der Waals surface area contributed by atoms with Gasteiger partial charge in [-0.25, -0.2) is 9.79 Å². The third-order valence-corrected chi connectivity index (χ3v) is 5.66. The van der Waals surface area contributed by atoms with Crippen molar-refractivity contribution in [2.75, 3.05) is 0 Å². The minimum absolute atomic E-state index is 0.0484. The molecule has 3 aromatic carbocycles. The maximum atomic E-state index is 12.5. The Morgan fingerprint density at radius 3 is 2.28 bits per heavy atom. The molecule has 0 radical (unpaired) electrons. The first-order valence-electron chi connectivity index (χ1n) is 9.19. The molecule has 0 bridgehead atoms. The fourth-order valence-electron chi connectivity index (χ4n) is 2.88. The highest BCUT2D eigenvalue weighted by Gasteiger charge is 2.27. The first-order valence-corrected chi connectivity index (χ1v) is 10.6. The van der Waals surface area contributed by atoms with Crippen molar-refractivity contribution >= 4 is 33.7 Å². The van der Waals surface area contributed by atoms with E-state index >= 15 is 0 Å². The number of benzene rings is 3. The molecule has 1 aliphatic heterocycles. The van der Waals surface area contributed by atoms with Crippen LogP contribution in [0.25, 0.3) is 6.08 Å². The Morgan fingerprint density at radius 2 is 1.59 bits per heavy atom. The number of para-hydroxylation sites is 1. The average molecular weight is 450 g/mol. The lowest BCUT2D eigenvalue weighted by Gasteiger charge is -2.07. The van der Waals surface area contributed by atoms with E-state index in [1.54, 1.807) is 24.3 Å². The van der Waals surface area contributed by atoms with Gasteiger partial charge in [-0.3, -0.25) is 10.1 Å². The van der Waals surface area contributed by atoms with Crippen LogP contribution in [0.4, 0.5) is 5.69 Å². The molecule has 0 saturated carbocycles. The molecule has 10 heteroatoms. The molecule has 0 saturated heterocycles. The number of hydrogen-bond acceptors (Lipinski definition) is 8. The van der Waals surface area contributed by atoms with Crippen molar-refractivity contribution < 1.29 is 27.1 Å². The molecule has 1 heterocycles. The Balaban J connectivity index is 1.55. The van der Waals surface area contributed by atoms with Gasteiger partial charge in [-0.15, -0.1) is 0 Å². The first kappa shape index (κ1) is 20.9. The topological polar surface area (TPSA) is 125 Å². The summed E-state index contributed by atoms with van der Waals surface area (Å²) in [5.74, 6) is -0.465. The molecule has 9 nitrogen and oxygen atoms in total. The van der Waals surface area contributed by atoms with E-state index in [1.165, 1.54) is 42.5 Å². The smallest absolute Gasteiger partial charge is 0.363 e. The minimum atomic E-state index is -4.42. The van der Waals surface area contributed by atoms with Crippen LogP contribution in [0.2, 0.25) is 0 Å². The fraction of sp³-hybridized carbons (Fsp3) is 0. The molecule has 3 aromatic rings. The second-order valence-electron chi connectivity index (χ2n) is 6.53. The van der Waals surface area contributed by atoms with E-state index in [1.807, 2.05) is 6.07 Å². The number of aliphatic imine (C=N–C) groups is 1. The van der Waals surface area contributed by atoms with Crippen molar-refractivity contribution in [3.05, 3.63) is 106 Å². The summed E-state index contributed by atoms with van der Waals surface area (Å²) in [5, 5.41) is 11.1. The van der Waals surface area contributed by atoms with Crippen LogP contribution in [-0.2, 0) is 19.6 Å². The standard InChI is InChI=1S/C22H14N2O7S/c25-22-18(23-21(30-22)16-6-2-1-3-7-16)14-15-10-12-17(13-11-15)31-32(28,29)20-9-5-4-8-19(20)24(26)27/h1-14H. The first-order chi connectivity index (χ1) is 15.3. The van der Waals surface area contributed by atoms with Gasteiger partial charge in [0.2, 0.25) is 5.90 Å². The van der Waals surface area contributed by atoms with Gasteiger partial charge in [0, 0.05) is 11.6 Å². The van der Waals surface area contributed by atoms with E-state index in [-0.39, 0.29) is 17.3 Å². The third-order valence-electron chi connectivity index (χ3n) is 4.36. The van der Waals surface area contributed by atoms with Crippen LogP contribution >= 0.6 is 0 Å².